The van der Waals surface area contributed by atoms with Gasteiger partial charge in [0.05, 0.1) is 17.7 Å². The fourth-order valence-corrected chi connectivity index (χ4v) is 1.31. The lowest BCUT2D eigenvalue weighted by atomic mass is 10.1. The zero-order valence-electron chi connectivity index (χ0n) is 8.44. The molecule has 1 rings (SSSR count). The maximum Gasteiger partial charge on any atom is 0.337 e. The molecule has 16 heavy (non-hydrogen) atoms. The summed E-state index contributed by atoms with van der Waals surface area (Å²) in [6.45, 7) is 0. The van der Waals surface area contributed by atoms with Crippen molar-refractivity contribution in [3.8, 4) is 0 Å². The van der Waals surface area contributed by atoms with Gasteiger partial charge in [-0.05, 0) is 23.8 Å². The van der Waals surface area contributed by atoms with Crippen molar-refractivity contribution >= 4 is 29.6 Å². The van der Waals surface area contributed by atoms with Crippen molar-refractivity contribution in [3.63, 3.8) is 0 Å². The van der Waals surface area contributed by atoms with Crippen LogP contribution in [0.15, 0.2) is 24.3 Å². The number of carbonyl (C=O) groups is 2. The summed E-state index contributed by atoms with van der Waals surface area (Å²) in [6, 6.07) is 4.39. The maximum atomic E-state index is 10.8. The molecule has 0 aliphatic rings. The van der Waals surface area contributed by atoms with Gasteiger partial charge < -0.3 is 9.84 Å². The fourth-order valence-electron chi connectivity index (χ4n) is 1.04. The lowest BCUT2D eigenvalue weighted by Gasteiger charge is -1.99. The van der Waals surface area contributed by atoms with Gasteiger partial charge in [0, 0.05) is 6.08 Å². The number of ether oxygens (including phenoxy) is 1. The standard InChI is InChI=1S/C11H9ClO4/c1-16-10(13)5-3-7-2-4-8(11(14)15)9(12)6-7/h2-6H,1H3,(H,14,15). The molecule has 0 saturated heterocycles. The van der Waals surface area contributed by atoms with Gasteiger partial charge in [-0.2, -0.15) is 0 Å². The van der Waals surface area contributed by atoms with E-state index < -0.39 is 11.9 Å². The number of carbonyl (C=O) groups excluding carboxylic acids is 1. The summed E-state index contributed by atoms with van der Waals surface area (Å²) in [7, 11) is 1.27. The van der Waals surface area contributed by atoms with E-state index in [9.17, 15) is 9.59 Å². The number of methoxy groups -OCH3 is 1. The number of carboxylic acids is 1. The Morgan fingerprint density at radius 3 is 2.62 bits per heavy atom. The Morgan fingerprint density at radius 1 is 1.44 bits per heavy atom. The summed E-state index contributed by atoms with van der Waals surface area (Å²) < 4.78 is 4.41. The Balaban J connectivity index is 2.94. The third-order valence-electron chi connectivity index (χ3n) is 1.84. The predicted molar refractivity (Wildman–Crippen MR) is 59.5 cm³/mol. The topological polar surface area (TPSA) is 63.6 Å². The van der Waals surface area contributed by atoms with Gasteiger partial charge in [0.1, 0.15) is 0 Å². The average Bonchev–Trinajstić information content (AvgIpc) is 2.25. The van der Waals surface area contributed by atoms with E-state index in [1.807, 2.05) is 0 Å². The quantitative estimate of drug-likeness (QED) is 0.650. The monoisotopic (exact) mass is 240 g/mol. The number of aromatic carboxylic acids is 1. The predicted octanol–water partition coefficient (Wildman–Crippen LogP) is 2.22. The molecule has 0 aromatic heterocycles. The Kier molecular flexibility index (Phi) is 4.08. The lowest BCUT2D eigenvalue weighted by Crippen LogP contribution is -1.97. The van der Waals surface area contributed by atoms with E-state index in [0.717, 1.165) is 0 Å². The van der Waals surface area contributed by atoms with Crippen molar-refractivity contribution in [2.75, 3.05) is 7.11 Å². The van der Waals surface area contributed by atoms with Crippen LogP contribution in [0.5, 0.6) is 0 Å². The first-order chi connectivity index (χ1) is 7.54. The average molecular weight is 241 g/mol. The maximum absolute atomic E-state index is 10.8. The largest absolute Gasteiger partial charge is 0.478 e. The van der Waals surface area contributed by atoms with Crippen LogP contribution in [-0.2, 0) is 9.53 Å². The third-order valence-corrected chi connectivity index (χ3v) is 2.15. The van der Waals surface area contributed by atoms with Crippen LogP contribution < -0.4 is 0 Å². The van der Waals surface area contributed by atoms with Crippen molar-refractivity contribution < 1.29 is 19.4 Å². The van der Waals surface area contributed by atoms with Crippen molar-refractivity contribution in [1.29, 1.82) is 0 Å². The molecular formula is C11H9ClO4. The highest BCUT2D eigenvalue weighted by Crippen LogP contribution is 2.18. The molecule has 0 bridgehead atoms. The van der Waals surface area contributed by atoms with E-state index in [1.165, 1.54) is 31.4 Å². The van der Waals surface area contributed by atoms with Crippen molar-refractivity contribution in [2.24, 2.45) is 0 Å². The molecule has 0 saturated carbocycles. The molecule has 1 aromatic carbocycles. The first-order valence-corrected chi connectivity index (χ1v) is 4.71. The Bertz CT molecular complexity index is 451. The second kappa shape index (κ2) is 5.32. The highest BCUT2D eigenvalue weighted by Gasteiger charge is 2.07. The summed E-state index contributed by atoms with van der Waals surface area (Å²) in [6.07, 6.45) is 2.72. The molecule has 0 radical (unpaired) electrons. The van der Waals surface area contributed by atoms with Crippen LogP contribution in [0.1, 0.15) is 15.9 Å². The molecular weight excluding hydrogens is 232 g/mol. The first-order valence-electron chi connectivity index (χ1n) is 4.33. The van der Waals surface area contributed by atoms with Gasteiger partial charge in [0.2, 0.25) is 0 Å². The number of halogens is 1. The van der Waals surface area contributed by atoms with Gasteiger partial charge in [-0.1, -0.05) is 17.7 Å². The SMILES string of the molecule is COC(=O)C=Cc1ccc(C(=O)O)c(Cl)c1. The molecule has 4 nitrogen and oxygen atoms in total. The number of esters is 1. The molecule has 0 atom stereocenters. The summed E-state index contributed by atoms with van der Waals surface area (Å²) in [4.78, 5) is 21.5. The van der Waals surface area contributed by atoms with Gasteiger partial charge in [0.25, 0.3) is 0 Å². The lowest BCUT2D eigenvalue weighted by molar-refractivity contribution is -0.134. The number of carboxylic acid groups (broad SMARTS) is 1. The third kappa shape index (κ3) is 3.10. The molecule has 0 heterocycles. The van der Waals surface area contributed by atoms with Gasteiger partial charge in [-0.15, -0.1) is 0 Å². The molecule has 84 valence electrons. The Labute approximate surface area is 97.1 Å². The van der Waals surface area contributed by atoms with Crippen molar-refractivity contribution in [2.45, 2.75) is 0 Å². The number of hydrogen-bond acceptors (Lipinski definition) is 3. The van der Waals surface area contributed by atoms with E-state index in [1.54, 1.807) is 6.07 Å². The molecule has 1 aromatic rings. The fraction of sp³-hybridized carbons (Fsp3) is 0.0909. The number of rotatable bonds is 3. The van der Waals surface area contributed by atoms with Crippen molar-refractivity contribution in [3.05, 3.63) is 40.4 Å². The second-order valence-electron chi connectivity index (χ2n) is 2.90. The summed E-state index contributed by atoms with van der Waals surface area (Å²) in [5.74, 6) is -1.58. The molecule has 0 fully saturated rings. The van der Waals surface area contributed by atoms with Crippen molar-refractivity contribution in [1.82, 2.24) is 0 Å². The van der Waals surface area contributed by atoms with Gasteiger partial charge >= 0.3 is 11.9 Å². The van der Waals surface area contributed by atoms with E-state index in [-0.39, 0.29) is 10.6 Å². The van der Waals surface area contributed by atoms with Gasteiger partial charge in [-0.3, -0.25) is 0 Å². The minimum Gasteiger partial charge on any atom is -0.478 e. The number of benzene rings is 1. The molecule has 0 spiro atoms. The highest BCUT2D eigenvalue weighted by molar-refractivity contribution is 6.33. The summed E-state index contributed by atoms with van der Waals surface area (Å²) in [5.41, 5.74) is 0.650. The van der Waals surface area contributed by atoms with Crippen LogP contribution >= 0.6 is 11.6 Å². The van der Waals surface area contributed by atoms with Crippen LogP contribution in [0.4, 0.5) is 0 Å². The zero-order chi connectivity index (χ0) is 12.1. The molecule has 0 aliphatic heterocycles. The van der Waals surface area contributed by atoms with Crippen LogP contribution in [0.2, 0.25) is 5.02 Å². The van der Waals surface area contributed by atoms with E-state index in [4.69, 9.17) is 16.7 Å². The molecule has 1 N–H and O–H groups in total. The summed E-state index contributed by atoms with van der Waals surface area (Å²) >= 11 is 5.74. The Hall–Kier alpha value is -1.81. The first kappa shape index (κ1) is 12.3. The number of hydrogen-bond donors (Lipinski definition) is 1. The van der Waals surface area contributed by atoms with Crippen LogP contribution in [0, 0.1) is 0 Å². The minimum atomic E-state index is -1.09. The van der Waals surface area contributed by atoms with E-state index >= 15 is 0 Å². The van der Waals surface area contributed by atoms with Crippen LogP contribution in [0.25, 0.3) is 6.08 Å². The summed E-state index contributed by atoms with van der Waals surface area (Å²) in [5, 5.41) is 8.86. The molecule has 0 aliphatic carbocycles. The zero-order valence-corrected chi connectivity index (χ0v) is 9.19. The van der Waals surface area contributed by atoms with Gasteiger partial charge in [-0.25, -0.2) is 9.59 Å². The molecule has 5 heteroatoms. The van der Waals surface area contributed by atoms with Crippen LogP contribution in [0.3, 0.4) is 0 Å². The minimum absolute atomic E-state index is 0.0249. The Morgan fingerprint density at radius 2 is 2.12 bits per heavy atom. The second-order valence-corrected chi connectivity index (χ2v) is 3.31. The van der Waals surface area contributed by atoms with E-state index in [2.05, 4.69) is 4.74 Å². The smallest absolute Gasteiger partial charge is 0.337 e. The molecule has 0 unspecified atom stereocenters. The normalized spacial score (nSPS) is 10.4. The highest BCUT2D eigenvalue weighted by atomic mass is 35.5. The van der Waals surface area contributed by atoms with Gasteiger partial charge in [0.15, 0.2) is 0 Å². The molecule has 0 amide bonds. The van der Waals surface area contributed by atoms with Crippen LogP contribution in [-0.4, -0.2) is 24.2 Å². The van der Waals surface area contributed by atoms with E-state index in [0.29, 0.717) is 5.56 Å².